The number of nitrogens with zero attached hydrogens (tertiary/aromatic N) is 2. The zero-order valence-corrected chi connectivity index (χ0v) is 11.2. The minimum Gasteiger partial charge on any atom is -0.550 e. The standard InChI is InChI=1S/C11H21N2.C2H4O2/c1-3-5-7-12-9-10-13(11-12)8-6-4-2;1-2(3)4/h9-11H,3-8H2,1-2H3;1H3,(H,3,4)/q+1;/p-1. The highest BCUT2D eigenvalue weighted by Gasteiger charge is 2.01. The van der Waals surface area contributed by atoms with E-state index in [2.05, 4.69) is 41.7 Å². The van der Waals surface area contributed by atoms with E-state index in [-0.39, 0.29) is 0 Å². The van der Waals surface area contributed by atoms with E-state index >= 15 is 0 Å². The quantitative estimate of drug-likeness (QED) is 0.700. The highest BCUT2D eigenvalue weighted by molar-refractivity contribution is 5.60. The summed E-state index contributed by atoms with van der Waals surface area (Å²) in [7, 11) is 0. The molecule has 0 aliphatic heterocycles. The van der Waals surface area contributed by atoms with Gasteiger partial charge in [-0.25, -0.2) is 9.13 Å². The molecule has 1 aromatic heterocycles. The Bertz CT molecular complexity index is 282. The van der Waals surface area contributed by atoms with Crippen LogP contribution < -0.4 is 9.67 Å². The zero-order chi connectivity index (χ0) is 13.1. The number of rotatable bonds is 6. The Balaban J connectivity index is 0.000000557. The van der Waals surface area contributed by atoms with E-state index in [0.717, 1.165) is 20.0 Å². The number of carboxylic acids is 1. The number of carbonyl (C=O) groups is 1. The number of aliphatic carboxylic acids is 1. The number of imidazole rings is 1. The maximum Gasteiger partial charge on any atom is 0.243 e. The smallest absolute Gasteiger partial charge is 0.243 e. The molecule has 0 atom stereocenters. The van der Waals surface area contributed by atoms with Gasteiger partial charge in [0.2, 0.25) is 6.33 Å². The molecule has 0 aliphatic carbocycles. The van der Waals surface area contributed by atoms with Gasteiger partial charge in [0, 0.05) is 5.97 Å². The Hall–Kier alpha value is -1.32. The van der Waals surface area contributed by atoms with E-state index in [1.165, 1.54) is 25.7 Å². The van der Waals surface area contributed by atoms with Crippen LogP contribution in [0.4, 0.5) is 0 Å². The molecule has 1 aromatic rings. The van der Waals surface area contributed by atoms with Crippen LogP contribution in [-0.4, -0.2) is 10.5 Å². The van der Waals surface area contributed by atoms with Crippen LogP contribution >= 0.6 is 0 Å². The van der Waals surface area contributed by atoms with Gasteiger partial charge in [0.15, 0.2) is 0 Å². The molecule has 98 valence electrons. The lowest BCUT2D eigenvalue weighted by Gasteiger charge is -1.93. The van der Waals surface area contributed by atoms with Crippen molar-refractivity contribution in [3.05, 3.63) is 18.7 Å². The number of aryl methyl sites for hydroxylation is 2. The number of hydrogen-bond acceptors (Lipinski definition) is 2. The van der Waals surface area contributed by atoms with Crippen molar-refractivity contribution in [3.8, 4) is 0 Å². The average molecular weight is 240 g/mol. The molecule has 0 N–H and O–H groups in total. The van der Waals surface area contributed by atoms with Gasteiger partial charge in [0.25, 0.3) is 0 Å². The van der Waals surface area contributed by atoms with Gasteiger partial charge in [-0.3, -0.25) is 0 Å². The first kappa shape index (κ1) is 15.7. The van der Waals surface area contributed by atoms with Crippen LogP contribution in [-0.2, 0) is 17.9 Å². The molecule has 4 heteroatoms. The summed E-state index contributed by atoms with van der Waals surface area (Å²) in [6, 6.07) is 0. The molecule has 0 aliphatic rings. The van der Waals surface area contributed by atoms with Gasteiger partial charge in [0.05, 0.1) is 13.1 Å². The number of carboxylic acid groups (broad SMARTS) is 1. The monoisotopic (exact) mass is 240 g/mol. The highest BCUT2D eigenvalue weighted by atomic mass is 16.4. The maximum absolute atomic E-state index is 8.89. The molecule has 4 nitrogen and oxygen atoms in total. The molecular weight excluding hydrogens is 216 g/mol. The SMILES string of the molecule is CC(=O)[O-].CCCCn1cc[n+](CCCC)c1. The summed E-state index contributed by atoms with van der Waals surface area (Å²) in [6.07, 6.45) is 11.7. The predicted octanol–water partition coefficient (Wildman–Crippen LogP) is 1.13. The Morgan fingerprint density at radius 1 is 1.29 bits per heavy atom. The van der Waals surface area contributed by atoms with Crippen LogP contribution in [0.15, 0.2) is 18.7 Å². The van der Waals surface area contributed by atoms with Crippen molar-refractivity contribution in [1.82, 2.24) is 4.57 Å². The maximum atomic E-state index is 8.89. The largest absolute Gasteiger partial charge is 0.550 e. The van der Waals surface area contributed by atoms with Crippen molar-refractivity contribution < 1.29 is 14.5 Å². The van der Waals surface area contributed by atoms with Crippen LogP contribution in [0.3, 0.4) is 0 Å². The topological polar surface area (TPSA) is 48.9 Å². The number of hydrogen-bond donors (Lipinski definition) is 0. The van der Waals surface area contributed by atoms with Crippen LogP contribution in [0.25, 0.3) is 0 Å². The summed E-state index contributed by atoms with van der Waals surface area (Å²) in [5.41, 5.74) is 0. The summed E-state index contributed by atoms with van der Waals surface area (Å²) < 4.78 is 4.55. The summed E-state index contributed by atoms with van der Waals surface area (Å²) in [4.78, 5) is 8.89. The lowest BCUT2D eigenvalue weighted by atomic mass is 10.3. The van der Waals surface area contributed by atoms with E-state index in [0.29, 0.717) is 0 Å². The average Bonchev–Trinajstić information content (AvgIpc) is 2.70. The highest BCUT2D eigenvalue weighted by Crippen LogP contribution is 1.93. The minimum absolute atomic E-state index is 0.972. The molecule has 1 rings (SSSR count). The molecule has 0 fully saturated rings. The first-order valence-corrected chi connectivity index (χ1v) is 6.32. The molecule has 17 heavy (non-hydrogen) atoms. The Labute approximate surface area is 104 Å². The molecule has 0 bridgehead atoms. The Kier molecular flexibility index (Phi) is 9.11. The van der Waals surface area contributed by atoms with Gasteiger partial charge in [-0.15, -0.1) is 0 Å². The first-order chi connectivity index (χ1) is 8.10. The fourth-order valence-electron chi connectivity index (χ4n) is 1.38. The van der Waals surface area contributed by atoms with E-state index in [4.69, 9.17) is 9.90 Å². The van der Waals surface area contributed by atoms with Crippen molar-refractivity contribution in [2.24, 2.45) is 0 Å². The molecule has 0 saturated heterocycles. The molecule has 0 unspecified atom stereocenters. The second-order valence-corrected chi connectivity index (χ2v) is 4.09. The van der Waals surface area contributed by atoms with E-state index < -0.39 is 5.97 Å². The number of carbonyl (C=O) groups excluding carboxylic acids is 1. The second kappa shape index (κ2) is 9.87. The molecule has 1 heterocycles. The van der Waals surface area contributed by atoms with Gasteiger partial charge < -0.3 is 9.90 Å². The third-order valence-electron chi connectivity index (χ3n) is 2.29. The van der Waals surface area contributed by atoms with Crippen molar-refractivity contribution in [3.63, 3.8) is 0 Å². The fraction of sp³-hybridized carbons (Fsp3) is 0.692. The van der Waals surface area contributed by atoms with Gasteiger partial charge in [-0.1, -0.05) is 26.7 Å². The van der Waals surface area contributed by atoms with Crippen molar-refractivity contribution >= 4 is 5.97 Å². The zero-order valence-electron chi connectivity index (χ0n) is 11.2. The molecular formula is C13H24N2O2. The van der Waals surface area contributed by atoms with Gasteiger partial charge in [-0.2, -0.15) is 0 Å². The van der Waals surface area contributed by atoms with Crippen LogP contribution in [0.5, 0.6) is 0 Å². The summed E-state index contributed by atoms with van der Waals surface area (Å²) in [5.74, 6) is -1.08. The van der Waals surface area contributed by atoms with Gasteiger partial charge in [0.1, 0.15) is 12.4 Å². The summed E-state index contributed by atoms with van der Waals surface area (Å²) in [5, 5.41) is 8.89. The lowest BCUT2D eigenvalue weighted by molar-refractivity contribution is -0.696. The minimum atomic E-state index is -1.08. The third kappa shape index (κ3) is 9.60. The van der Waals surface area contributed by atoms with E-state index in [1.807, 2.05) is 0 Å². The van der Waals surface area contributed by atoms with Crippen molar-refractivity contribution in [2.45, 2.75) is 59.5 Å². The molecule has 0 radical (unpaired) electrons. The molecule has 0 amide bonds. The molecule has 0 spiro atoms. The fourth-order valence-corrected chi connectivity index (χ4v) is 1.38. The van der Waals surface area contributed by atoms with Gasteiger partial charge in [-0.05, 0) is 19.8 Å². The first-order valence-electron chi connectivity index (χ1n) is 6.32. The predicted molar refractivity (Wildman–Crippen MR) is 65.1 cm³/mol. The molecule has 0 aromatic carbocycles. The van der Waals surface area contributed by atoms with Crippen LogP contribution in [0.1, 0.15) is 46.5 Å². The third-order valence-corrected chi connectivity index (χ3v) is 2.29. The summed E-state index contributed by atoms with van der Waals surface area (Å²) >= 11 is 0. The van der Waals surface area contributed by atoms with Gasteiger partial charge >= 0.3 is 0 Å². The van der Waals surface area contributed by atoms with Crippen LogP contribution in [0.2, 0.25) is 0 Å². The second-order valence-electron chi connectivity index (χ2n) is 4.09. The van der Waals surface area contributed by atoms with E-state index in [1.54, 1.807) is 0 Å². The van der Waals surface area contributed by atoms with Crippen LogP contribution in [0, 0.1) is 0 Å². The normalized spacial score (nSPS) is 9.59. The van der Waals surface area contributed by atoms with Crippen molar-refractivity contribution in [2.75, 3.05) is 0 Å². The Morgan fingerprint density at radius 3 is 2.41 bits per heavy atom. The summed E-state index contributed by atoms with van der Waals surface area (Å²) in [6.45, 7) is 7.76. The molecule has 0 saturated carbocycles. The number of aromatic nitrogens is 2. The number of unbranched alkanes of at least 4 members (excludes halogenated alkanes) is 2. The van der Waals surface area contributed by atoms with Crippen molar-refractivity contribution in [1.29, 1.82) is 0 Å². The Morgan fingerprint density at radius 2 is 1.88 bits per heavy atom. The van der Waals surface area contributed by atoms with E-state index in [9.17, 15) is 0 Å². The lowest BCUT2D eigenvalue weighted by Crippen LogP contribution is -2.30.